The molecule has 0 aliphatic heterocycles. The first-order chi connectivity index (χ1) is 9.20. The molecule has 0 saturated carbocycles. The average molecular weight is 259 g/mol. The van der Waals surface area contributed by atoms with Crippen LogP contribution in [-0.2, 0) is 0 Å². The van der Waals surface area contributed by atoms with Crippen LogP contribution in [0.2, 0.25) is 0 Å². The molecule has 0 fully saturated rings. The van der Waals surface area contributed by atoms with Gasteiger partial charge in [0.15, 0.2) is 5.82 Å². The minimum atomic E-state index is 0.124. The molecular weight excluding hydrogens is 242 g/mol. The van der Waals surface area contributed by atoms with Gasteiger partial charge in [0.25, 0.3) is 0 Å². The number of para-hydroxylation sites is 1. The van der Waals surface area contributed by atoms with Crippen molar-refractivity contribution >= 4 is 23.1 Å². The largest absolute Gasteiger partial charge is 0.476 e. The smallest absolute Gasteiger partial charge is 0.244 e. The second kappa shape index (κ2) is 5.90. The van der Waals surface area contributed by atoms with Crippen LogP contribution < -0.4 is 21.5 Å². The molecule has 0 aliphatic carbocycles. The Morgan fingerprint density at radius 2 is 1.89 bits per heavy atom. The maximum absolute atomic E-state index is 5.97. The number of rotatable bonds is 5. The van der Waals surface area contributed by atoms with Gasteiger partial charge in [-0.3, -0.25) is 0 Å². The molecule has 0 spiro atoms. The molecule has 19 heavy (non-hydrogen) atoms. The first-order valence-corrected chi connectivity index (χ1v) is 6.08. The number of aromatic nitrogens is 2. The summed E-state index contributed by atoms with van der Waals surface area (Å²) in [7, 11) is 0. The molecule has 1 heterocycles. The number of hydrogen-bond acceptors (Lipinski definition) is 6. The Bertz CT molecular complexity index is 544. The number of benzene rings is 1. The molecule has 0 radical (unpaired) electrons. The number of nitrogens with two attached hydrogens (primary N) is 2. The molecule has 0 atom stereocenters. The summed E-state index contributed by atoms with van der Waals surface area (Å²) < 4.78 is 5.45. The Morgan fingerprint density at radius 3 is 2.58 bits per heavy atom. The fourth-order valence-corrected chi connectivity index (χ4v) is 1.53. The lowest BCUT2D eigenvalue weighted by Gasteiger charge is -2.12. The first kappa shape index (κ1) is 12.9. The Labute approximate surface area is 111 Å². The number of anilines is 4. The molecule has 2 aromatic rings. The van der Waals surface area contributed by atoms with E-state index in [1.54, 1.807) is 0 Å². The van der Waals surface area contributed by atoms with E-state index < -0.39 is 0 Å². The van der Waals surface area contributed by atoms with Gasteiger partial charge in [-0.1, -0.05) is 25.1 Å². The highest BCUT2D eigenvalue weighted by atomic mass is 16.5. The summed E-state index contributed by atoms with van der Waals surface area (Å²) in [6.45, 7) is 2.54. The maximum atomic E-state index is 5.97. The fraction of sp³-hybridized carbons (Fsp3) is 0.231. The van der Waals surface area contributed by atoms with E-state index >= 15 is 0 Å². The summed E-state index contributed by atoms with van der Waals surface area (Å²) in [4.78, 5) is 8.08. The zero-order valence-corrected chi connectivity index (χ0v) is 10.8. The van der Waals surface area contributed by atoms with Gasteiger partial charge in [0.1, 0.15) is 5.69 Å². The number of nitrogens with one attached hydrogen (secondary N) is 1. The van der Waals surface area contributed by atoms with Crippen LogP contribution in [0.25, 0.3) is 0 Å². The van der Waals surface area contributed by atoms with Crippen LogP contribution in [0.4, 0.5) is 23.1 Å². The number of hydrogen-bond donors (Lipinski definition) is 3. The summed E-state index contributed by atoms with van der Waals surface area (Å²) in [6, 6.07) is 9.57. The van der Waals surface area contributed by atoms with Gasteiger partial charge < -0.3 is 21.5 Å². The third-order valence-corrected chi connectivity index (χ3v) is 2.41. The summed E-state index contributed by atoms with van der Waals surface area (Å²) in [6.07, 6.45) is 0.866. The van der Waals surface area contributed by atoms with Gasteiger partial charge in [0.2, 0.25) is 11.8 Å². The molecule has 100 valence electrons. The van der Waals surface area contributed by atoms with Crippen molar-refractivity contribution in [3.63, 3.8) is 0 Å². The maximum Gasteiger partial charge on any atom is 0.244 e. The molecule has 6 heteroatoms. The quantitative estimate of drug-likeness (QED) is 0.761. The zero-order valence-electron chi connectivity index (χ0n) is 10.8. The number of nitrogen functional groups attached to an aromatic ring is 2. The third-order valence-electron chi connectivity index (χ3n) is 2.41. The third kappa shape index (κ3) is 3.25. The molecule has 0 unspecified atom stereocenters. The predicted octanol–water partition coefficient (Wildman–Crippen LogP) is 2.17. The van der Waals surface area contributed by atoms with E-state index in [4.69, 9.17) is 16.2 Å². The topological polar surface area (TPSA) is 99.1 Å². The Balaban J connectivity index is 2.27. The van der Waals surface area contributed by atoms with Gasteiger partial charge in [-0.05, 0) is 18.6 Å². The molecule has 6 nitrogen and oxygen atoms in total. The summed E-state index contributed by atoms with van der Waals surface area (Å²) in [5.74, 6) is 0.885. The predicted molar refractivity (Wildman–Crippen MR) is 76.4 cm³/mol. The van der Waals surface area contributed by atoms with Crippen LogP contribution >= 0.6 is 0 Å². The monoisotopic (exact) mass is 259 g/mol. The van der Waals surface area contributed by atoms with Crippen molar-refractivity contribution in [2.45, 2.75) is 13.3 Å². The zero-order chi connectivity index (χ0) is 13.7. The minimum absolute atomic E-state index is 0.124. The van der Waals surface area contributed by atoms with Crippen LogP contribution in [0.1, 0.15) is 13.3 Å². The molecule has 0 amide bonds. The van der Waals surface area contributed by atoms with Crippen molar-refractivity contribution in [1.82, 2.24) is 9.97 Å². The van der Waals surface area contributed by atoms with Gasteiger partial charge in [0.05, 0.1) is 6.61 Å². The lowest BCUT2D eigenvalue weighted by atomic mass is 10.3. The van der Waals surface area contributed by atoms with E-state index in [2.05, 4.69) is 15.3 Å². The highest BCUT2D eigenvalue weighted by Gasteiger charge is 2.11. The highest BCUT2D eigenvalue weighted by Crippen LogP contribution is 2.29. The van der Waals surface area contributed by atoms with E-state index in [-0.39, 0.29) is 5.95 Å². The van der Waals surface area contributed by atoms with E-state index in [1.165, 1.54) is 0 Å². The first-order valence-electron chi connectivity index (χ1n) is 6.08. The van der Waals surface area contributed by atoms with Crippen molar-refractivity contribution in [3.8, 4) is 5.88 Å². The lowest BCUT2D eigenvalue weighted by molar-refractivity contribution is 0.307. The molecule has 2 rings (SSSR count). The van der Waals surface area contributed by atoms with Crippen molar-refractivity contribution in [1.29, 1.82) is 0 Å². The average Bonchev–Trinajstić information content (AvgIpc) is 2.42. The van der Waals surface area contributed by atoms with Crippen LogP contribution in [0.5, 0.6) is 5.88 Å². The van der Waals surface area contributed by atoms with Crippen LogP contribution in [0, 0.1) is 0 Å². The van der Waals surface area contributed by atoms with Crippen LogP contribution in [0.3, 0.4) is 0 Å². The number of ether oxygens (including phenoxy) is 1. The van der Waals surface area contributed by atoms with Gasteiger partial charge >= 0.3 is 0 Å². The molecule has 0 aliphatic rings. The Hall–Kier alpha value is -2.50. The van der Waals surface area contributed by atoms with E-state index in [0.717, 1.165) is 12.1 Å². The normalized spacial score (nSPS) is 10.2. The van der Waals surface area contributed by atoms with Crippen molar-refractivity contribution in [3.05, 3.63) is 30.3 Å². The minimum Gasteiger partial charge on any atom is -0.476 e. The van der Waals surface area contributed by atoms with Gasteiger partial charge in [-0.15, -0.1) is 0 Å². The summed E-state index contributed by atoms with van der Waals surface area (Å²) >= 11 is 0. The number of nitrogens with zero attached hydrogens (tertiary/aromatic N) is 2. The molecule has 1 aromatic heterocycles. The Kier molecular flexibility index (Phi) is 4.02. The van der Waals surface area contributed by atoms with Gasteiger partial charge in [0, 0.05) is 5.69 Å². The van der Waals surface area contributed by atoms with E-state index in [1.807, 2.05) is 37.3 Å². The van der Waals surface area contributed by atoms with Crippen LogP contribution in [0.15, 0.2) is 30.3 Å². The highest BCUT2D eigenvalue weighted by molar-refractivity contribution is 5.73. The lowest BCUT2D eigenvalue weighted by Crippen LogP contribution is -2.08. The van der Waals surface area contributed by atoms with Crippen molar-refractivity contribution in [2.24, 2.45) is 0 Å². The SMILES string of the molecule is CCCOc1nc(N)nc(Nc2ccccc2)c1N. The van der Waals surface area contributed by atoms with Crippen molar-refractivity contribution in [2.75, 3.05) is 23.4 Å². The van der Waals surface area contributed by atoms with Crippen LogP contribution in [-0.4, -0.2) is 16.6 Å². The second-order valence-corrected chi connectivity index (χ2v) is 3.99. The fourth-order valence-electron chi connectivity index (χ4n) is 1.53. The molecule has 0 bridgehead atoms. The standard InChI is InChI=1S/C13H17N5O/c1-2-8-19-12-10(14)11(17-13(15)18-12)16-9-6-4-3-5-7-9/h3-7H,2,8,14H2,1H3,(H3,15,16,17,18). The molecule has 1 aromatic carbocycles. The van der Waals surface area contributed by atoms with Gasteiger partial charge in [-0.25, -0.2) is 0 Å². The second-order valence-electron chi connectivity index (χ2n) is 3.99. The van der Waals surface area contributed by atoms with E-state index in [9.17, 15) is 0 Å². The van der Waals surface area contributed by atoms with Gasteiger partial charge in [-0.2, -0.15) is 9.97 Å². The summed E-state index contributed by atoms with van der Waals surface area (Å²) in [5.41, 5.74) is 12.9. The van der Waals surface area contributed by atoms with E-state index in [0.29, 0.717) is 24.0 Å². The Morgan fingerprint density at radius 1 is 1.16 bits per heavy atom. The molecular formula is C13H17N5O. The summed E-state index contributed by atoms with van der Waals surface area (Å²) in [5, 5.41) is 3.09. The molecule has 5 N–H and O–H groups in total. The van der Waals surface area contributed by atoms with Crippen molar-refractivity contribution < 1.29 is 4.74 Å². The molecule has 0 saturated heterocycles.